The molecule has 16 heavy (non-hydrogen) atoms. The van der Waals surface area contributed by atoms with Crippen LogP contribution < -0.4 is 0 Å². The third-order valence-corrected chi connectivity index (χ3v) is 2.94. The number of esters is 1. The number of aryl methyl sites for hydroxylation is 1. The third-order valence-electron chi connectivity index (χ3n) is 2.94. The van der Waals surface area contributed by atoms with Crippen LogP contribution in [0.5, 0.6) is 0 Å². The first-order valence-corrected chi connectivity index (χ1v) is 5.11. The van der Waals surface area contributed by atoms with Crippen LogP contribution >= 0.6 is 12.4 Å². The highest BCUT2D eigenvalue weighted by molar-refractivity contribution is 5.85. The maximum atomic E-state index is 11.5. The van der Waals surface area contributed by atoms with Gasteiger partial charge in [0.2, 0.25) is 0 Å². The van der Waals surface area contributed by atoms with Crippen molar-refractivity contribution in [2.75, 3.05) is 6.61 Å². The summed E-state index contributed by atoms with van der Waals surface area (Å²) in [7, 11) is 0. The zero-order chi connectivity index (χ0) is 13.3. The van der Waals surface area contributed by atoms with E-state index in [1.165, 1.54) is 10.9 Å². The lowest BCUT2D eigenvalue weighted by Crippen LogP contribution is -2.18. The lowest BCUT2D eigenvalue weighted by atomic mass is 9.89. The van der Waals surface area contributed by atoms with Crippen molar-refractivity contribution in [1.29, 1.82) is 0 Å². The van der Waals surface area contributed by atoms with Crippen LogP contribution in [0.4, 0.5) is 0 Å². The maximum Gasteiger partial charge on any atom is 0.309 e. The smallest absolute Gasteiger partial charge is 0.309 e. The monoisotopic (exact) mass is 247 g/mol. The van der Waals surface area contributed by atoms with E-state index in [4.69, 9.17) is 8.85 Å². The Balaban J connectivity index is 0.00000180. The highest BCUT2D eigenvalue weighted by Gasteiger charge is 2.35. The Morgan fingerprint density at radius 2 is 2.56 bits per heavy atom. The zero-order valence-electron chi connectivity index (χ0n) is 12.0. The summed E-state index contributed by atoms with van der Waals surface area (Å²) in [5, 5.41) is 0. The second-order valence-electron chi connectivity index (χ2n) is 3.86. The Hall–Kier alpha value is -1.03. The molecule has 1 fully saturated rings. The molecule has 0 spiro atoms. The van der Waals surface area contributed by atoms with Gasteiger partial charge in [-0.15, -0.1) is 12.4 Å². The van der Waals surface area contributed by atoms with Gasteiger partial charge in [-0.25, -0.2) is 4.98 Å². The average molecular weight is 248 g/mol. The van der Waals surface area contributed by atoms with Crippen molar-refractivity contribution in [1.82, 2.24) is 9.55 Å². The van der Waals surface area contributed by atoms with Gasteiger partial charge in [-0.05, 0) is 12.8 Å². The van der Waals surface area contributed by atoms with Crippen molar-refractivity contribution in [3.05, 3.63) is 18.2 Å². The van der Waals surface area contributed by atoms with Gasteiger partial charge in [0.1, 0.15) is 0 Å². The molecule has 0 aromatic carbocycles. The molecule has 0 aliphatic carbocycles. The van der Waals surface area contributed by atoms with Gasteiger partial charge in [-0.3, -0.25) is 4.79 Å². The molecule has 0 unspecified atom stereocenters. The summed E-state index contributed by atoms with van der Waals surface area (Å²) >= 11 is 0. The van der Waals surface area contributed by atoms with Crippen LogP contribution in [0.25, 0.3) is 0 Å². The number of rotatable bonds is 3. The first kappa shape index (κ1) is 9.05. The average Bonchev–Trinajstić information content (AvgIpc) is 2.85. The van der Waals surface area contributed by atoms with Gasteiger partial charge in [0.15, 0.2) is 0 Å². The second-order valence-corrected chi connectivity index (χ2v) is 3.86. The zero-order valence-corrected chi connectivity index (χ0v) is 9.87. The van der Waals surface area contributed by atoms with Gasteiger partial charge in [0.25, 0.3) is 0 Å². The number of imidazole rings is 1. The van der Waals surface area contributed by atoms with Crippen molar-refractivity contribution in [3.63, 3.8) is 0 Å². The van der Waals surface area contributed by atoms with Crippen LogP contribution in [-0.2, 0) is 22.9 Å². The Morgan fingerprint density at radius 3 is 3.25 bits per heavy atom. The highest BCUT2D eigenvalue weighted by Crippen LogP contribution is 2.27. The maximum absolute atomic E-state index is 11.5. The molecule has 0 N–H and O–H groups in total. The minimum atomic E-state index is -2.23. The van der Waals surface area contributed by atoms with Crippen LogP contribution in [0.1, 0.15) is 23.2 Å². The number of hydrogen-bond donors (Lipinski definition) is 0. The Kier molecular flexibility index (Phi) is 3.02. The van der Waals surface area contributed by atoms with Gasteiger partial charge in [0, 0.05) is 28.9 Å². The van der Waals surface area contributed by atoms with Gasteiger partial charge < -0.3 is 9.30 Å². The van der Waals surface area contributed by atoms with E-state index in [-0.39, 0.29) is 30.2 Å². The number of aromatic nitrogens is 2. The predicted octanol–water partition coefficient (Wildman–Crippen LogP) is 1.58. The van der Waals surface area contributed by atoms with Crippen LogP contribution in [0.2, 0.25) is 0 Å². The Labute approximate surface area is 106 Å². The standard InChI is InChI=1S/C11H16N2O2.ClH/c1-3-10-8(6-15-11(10)14)4-9-5-12-7-13(9)2;/h5,7-8,10H,3-4,6H2,1-2H3;1H/t8-,10-;/m1./s1/i2D3;. The molecular weight excluding hydrogens is 228 g/mol. The first-order chi connectivity index (χ1) is 8.43. The number of cyclic esters (lactones) is 1. The van der Waals surface area contributed by atoms with Crippen molar-refractivity contribution in [2.45, 2.75) is 19.8 Å². The molecule has 1 saturated heterocycles. The first-order valence-electron chi connectivity index (χ1n) is 6.61. The van der Waals surface area contributed by atoms with Gasteiger partial charge in [-0.2, -0.15) is 0 Å². The fraction of sp³-hybridized carbons (Fsp3) is 0.636. The largest absolute Gasteiger partial charge is 0.465 e. The fourth-order valence-electron chi connectivity index (χ4n) is 2.05. The topological polar surface area (TPSA) is 44.1 Å². The quantitative estimate of drug-likeness (QED) is 0.762. The number of carbonyl (C=O) groups is 1. The molecule has 2 rings (SSSR count). The highest BCUT2D eigenvalue weighted by atomic mass is 35.5. The molecule has 0 radical (unpaired) electrons. The molecular formula is C11H17ClN2O2. The lowest BCUT2D eigenvalue weighted by Gasteiger charge is -2.12. The number of ether oxygens (including phenoxy) is 1. The summed E-state index contributed by atoms with van der Waals surface area (Å²) in [6, 6.07) is 0. The van der Waals surface area contributed by atoms with Gasteiger partial charge >= 0.3 is 5.97 Å². The summed E-state index contributed by atoms with van der Waals surface area (Å²) in [5.74, 6) is -0.271. The number of hydrogen-bond acceptors (Lipinski definition) is 3. The van der Waals surface area contributed by atoms with Crippen LogP contribution in [0.15, 0.2) is 12.5 Å². The summed E-state index contributed by atoms with van der Waals surface area (Å²) in [5.41, 5.74) is 0.622. The lowest BCUT2D eigenvalue weighted by molar-refractivity contribution is -0.141. The second kappa shape index (κ2) is 5.34. The van der Waals surface area contributed by atoms with Crippen LogP contribution in [-0.4, -0.2) is 22.1 Å². The van der Waals surface area contributed by atoms with E-state index >= 15 is 0 Å². The number of carbonyl (C=O) groups excluding carboxylic acids is 1. The molecule has 4 nitrogen and oxygen atoms in total. The SMILES string of the molecule is Cl.[2H]C([2H])([2H])n1cncc1C[C@@H]1COC(=O)[C@@H]1CC. The van der Waals surface area contributed by atoms with Gasteiger partial charge in [0.05, 0.1) is 18.9 Å². The molecule has 90 valence electrons. The van der Waals surface area contributed by atoms with E-state index in [0.717, 1.165) is 0 Å². The molecule has 2 atom stereocenters. The van der Waals surface area contributed by atoms with E-state index in [0.29, 0.717) is 25.1 Å². The molecule has 1 aliphatic rings. The summed E-state index contributed by atoms with van der Waals surface area (Å²) in [4.78, 5) is 15.3. The molecule has 1 aliphatic heterocycles. The molecule has 2 heterocycles. The van der Waals surface area contributed by atoms with E-state index in [2.05, 4.69) is 4.98 Å². The van der Waals surface area contributed by atoms with E-state index in [9.17, 15) is 4.79 Å². The van der Waals surface area contributed by atoms with Gasteiger partial charge in [-0.1, -0.05) is 6.92 Å². The third kappa shape index (κ3) is 2.38. The normalized spacial score (nSPS) is 27.6. The van der Waals surface area contributed by atoms with E-state index in [1.54, 1.807) is 6.20 Å². The van der Waals surface area contributed by atoms with Crippen molar-refractivity contribution in [2.24, 2.45) is 18.8 Å². The van der Waals surface area contributed by atoms with Crippen LogP contribution in [0, 0.1) is 11.8 Å². The Bertz CT molecular complexity index is 447. The fourth-order valence-corrected chi connectivity index (χ4v) is 2.05. The molecule has 0 amide bonds. The molecule has 0 bridgehead atoms. The minimum absolute atomic E-state index is 0. The Morgan fingerprint density at radius 1 is 1.75 bits per heavy atom. The predicted molar refractivity (Wildman–Crippen MR) is 62.4 cm³/mol. The molecule has 5 heteroatoms. The summed E-state index contributed by atoms with van der Waals surface area (Å²) < 4.78 is 28.4. The summed E-state index contributed by atoms with van der Waals surface area (Å²) in [6.45, 7) is 0.0752. The van der Waals surface area contributed by atoms with E-state index < -0.39 is 6.98 Å². The minimum Gasteiger partial charge on any atom is -0.465 e. The van der Waals surface area contributed by atoms with Crippen molar-refractivity contribution in [3.8, 4) is 0 Å². The van der Waals surface area contributed by atoms with E-state index in [1.807, 2.05) is 6.92 Å². The van der Waals surface area contributed by atoms with Crippen LogP contribution in [0.3, 0.4) is 0 Å². The van der Waals surface area contributed by atoms with Crippen molar-refractivity contribution < 1.29 is 13.6 Å². The number of nitrogens with zero attached hydrogens (tertiary/aromatic N) is 2. The number of halogens is 1. The summed E-state index contributed by atoms with van der Waals surface area (Å²) in [6.07, 6.45) is 4.07. The molecule has 1 aromatic rings. The van der Waals surface area contributed by atoms with Crippen molar-refractivity contribution >= 4 is 18.4 Å². The molecule has 0 saturated carbocycles. The molecule has 1 aromatic heterocycles.